The molecule has 1 N–H and O–H groups in total. The Kier molecular flexibility index (Phi) is 5.49. The largest absolute Gasteiger partial charge is 0.383 e. The zero-order valence-electron chi connectivity index (χ0n) is 19.0. The van der Waals surface area contributed by atoms with E-state index in [4.69, 9.17) is 8.92 Å². The smallest absolute Gasteiger partial charge is 0.264 e. The quantitative estimate of drug-likeness (QED) is 0.195. The number of fused-ring (bicyclic) bond motifs is 2. The van der Waals surface area contributed by atoms with Gasteiger partial charge in [-0.25, -0.2) is 0 Å². The van der Waals surface area contributed by atoms with Crippen molar-refractivity contribution in [2.24, 2.45) is 0 Å². The van der Waals surface area contributed by atoms with Crippen molar-refractivity contribution in [2.75, 3.05) is 26.6 Å². The average Bonchev–Trinajstić information content (AvgIpc) is 2.80. The van der Waals surface area contributed by atoms with Gasteiger partial charge in [0, 0.05) is 13.7 Å². The van der Waals surface area contributed by atoms with Crippen molar-refractivity contribution in [3.05, 3.63) is 72.3 Å². The molecule has 5 nitrogen and oxygen atoms in total. The van der Waals surface area contributed by atoms with E-state index >= 15 is 0 Å². The first-order valence-corrected chi connectivity index (χ1v) is 12.8. The van der Waals surface area contributed by atoms with E-state index in [0.29, 0.717) is 13.2 Å². The first-order valence-electron chi connectivity index (χ1n) is 11.0. The van der Waals surface area contributed by atoms with Crippen molar-refractivity contribution < 1.29 is 17.3 Å². The molecule has 0 radical (unpaired) electrons. The lowest BCUT2D eigenvalue weighted by atomic mass is 9.88. The fourth-order valence-electron chi connectivity index (χ4n) is 4.87. The van der Waals surface area contributed by atoms with Gasteiger partial charge in [0.2, 0.25) is 0 Å². The molecule has 5 rings (SSSR count). The molecule has 0 fully saturated rings. The Bertz CT molecular complexity index is 1530. The Labute approximate surface area is 193 Å². The number of nitrogens with one attached hydrogen (secondary N) is 1. The molecule has 0 heterocycles. The predicted molar refractivity (Wildman–Crippen MR) is 136 cm³/mol. The average molecular weight is 462 g/mol. The van der Waals surface area contributed by atoms with E-state index in [0.717, 1.165) is 11.8 Å². The molecule has 0 bridgehead atoms. The minimum Gasteiger partial charge on any atom is -0.383 e. The molecule has 1 atom stereocenters. The van der Waals surface area contributed by atoms with E-state index < -0.39 is 15.7 Å². The van der Waals surface area contributed by atoms with Gasteiger partial charge < -0.3 is 10.1 Å². The number of methoxy groups -OCH3 is 1. The summed E-state index contributed by atoms with van der Waals surface area (Å²) in [7, 11) is -1.94. The summed E-state index contributed by atoms with van der Waals surface area (Å²) in [5, 5.41) is 13.5. The predicted octanol–water partition coefficient (Wildman–Crippen LogP) is 5.21. The molecule has 0 aliphatic carbocycles. The Morgan fingerprint density at radius 2 is 1.36 bits per heavy atom. The number of ether oxygens (including phenoxy) is 1. The molecule has 0 amide bonds. The van der Waals surface area contributed by atoms with E-state index in [9.17, 15) is 8.42 Å². The lowest BCUT2D eigenvalue weighted by Crippen LogP contribution is -2.50. The van der Waals surface area contributed by atoms with E-state index in [2.05, 4.69) is 72.0 Å². The van der Waals surface area contributed by atoms with Gasteiger partial charge in [0.05, 0.1) is 25.0 Å². The number of rotatable bonds is 8. The molecule has 0 saturated heterocycles. The zero-order valence-corrected chi connectivity index (χ0v) is 19.8. The molecule has 0 aliphatic rings. The van der Waals surface area contributed by atoms with Crippen LogP contribution in [0.5, 0.6) is 0 Å². The summed E-state index contributed by atoms with van der Waals surface area (Å²) in [5.41, 5.74) is 0.485. The third-order valence-corrected chi connectivity index (χ3v) is 6.92. The first kappa shape index (κ1) is 22.0. The van der Waals surface area contributed by atoms with Crippen molar-refractivity contribution in [3.8, 4) is 0 Å². The molecule has 0 saturated carbocycles. The third-order valence-electron chi connectivity index (χ3n) is 6.38. The second kappa shape index (κ2) is 8.22. The van der Waals surface area contributed by atoms with Crippen molar-refractivity contribution >= 4 is 53.2 Å². The second-order valence-electron chi connectivity index (χ2n) is 9.02. The fourth-order valence-corrected chi connectivity index (χ4v) is 5.34. The highest BCUT2D eigenvalue weighted by Crippen LogP contribution is 2.40. The summed E-state index contributed by atoms with van der Waals surface area (Å²) in [6.07, 6.45) is 1.06. The molecule has 5 aromatic carbocycles. The molecular formula is C27H27NO4S. The van der Waals surface area contributed by atoms with Crippen LogP contribution in [0, 0.1) is 0 Å². The minimum atomic E-state index is -3.54. The Hall–Kier alpha value is -2.77. The molecule has 5 aromatic rings. The lowest BCUT2D eigenvalue weighted by Gasteiger charge is -2.30. The molecule has 0 spiro atoms. The number of benzene rings is 5. The van der Waals surface area contributed by atoms with Gasteiger partial charge in [-0.3, -0.25) is 4.18 Å². The van der Waals surface area contributed by atoms with Crippen LogP contribution in [0.25, 0.3) is 43.1 Å². The highest BCUT2D eigenvalue weighted by molar-refractivity contribution is 7.85. The van der Waals surface area contributed by atoms with E-state index in [1.807, 2.05) is 6.92 Å². The Balaban J connectivity index is 1.61. The van der Waals surface area contributed by atoms with Gasteiger partial charge in [-0.15, -0.1) is 0 Å². The minimum absolute atomic E-state index is 0.00366. The SMILES string of the molecule is COCC(C)(COS(C)(=O)=O)NCc1ccc2c3cccc4cccc(c5cccc1c52)c43. The first-order chi connectivity index (χ1) is 15.8. The maximum Gasteiger partial charge on any atom is 0.264 e. The van der Waals surface area contributed by atoms with Crippen molar-refractivity contribution in [2.45, 2.75) is 19.0 Å². The second-order valence-corrected chi connectivity index (χ2v) is 10.7. The van der Waals surface area contributed by atoms with Gasteiger partial charge in [-0.05, 0) is 55.6 Å². The fraction of sp³-hybridized carbons (Fsp3) is 0.259. The van der Waals surface area contributed by atoms with Gasteiger partial charge in [0.15, 0.2) is 0 Å². The number of hydrogen-bond acceptors (Lipinski definition) is 5. The lowest BCUT2D eigenvalue weighted by molar-refractivity contribution is 0.0829. The topological polar surface area (TPSA) is 64.6 Å². The normalized spacial score (nSPS) is 14.5. The molecular weight excluding hydrogens is 434 g/mol. The van der Waals surface area contributed by atoms with E-state index in [-0.39, 0.29) is 6.61 Å². The molecule has 6 heteroatoms. The van der Waals surface area contributed by atoms with E-state index in [1.54, 1.807) is 7.11 Å². The molecule has 0 aliphatic heterocycles. The van der Waals surface area contributed by atoms with Gasteiger partial charge in [-0.2, -0.15) is 8.42 Å². The van der Waals surface area contributed by atoms with Gasteiger partial charge in [0.25, 0.3) is 10.1 Å². The van der Waals surface area contributed by atoms with Gasteiger partial charge in [-0.1, -0.05) is 66.7 Å². The maximum absolute atomic E-state index is 11.5. The van der Waals surface area contributed by atoms with Crippen LogP contribution in [0.4, 0.5) is 0 Å². The summed E-state index contributed by atoms with van der Waals surface area (Å²) in [4.78, 5) is 0. The van der Waals surface area contributed by atoms with Crippen molar-refractivity contribution in [1.82, 2.24) is 5.32 Å². The van der Waals surface area contributed by atoms with Crippen LogP contribution in [0.3, 0.4) is 0 Å². The Morgan fingerprint density at radius 3 is 2.00 bits per heavy atom. The monoisotopic (exact) mass is 461 g/mol. The van der Waals surface area contributed by atoms with Crippen molar-refractivity contribution in [1.29, 1.82) is 0 Å². The summed E-state index contributed by atoms with van der Waals surface area (Å²) in [5.74, 6) is 0. The molecule has 0 aromatic heterocycles. The van der Waals surface area contributed by atoms with Crippen LogP contribution >= 0.6 is 0 Å². The van der Waals surface area contributed by atoms with Crippen LogP contribution < -0.4 is 5.32 Å². The molecule has 170 valence electrons. The molecule has 33 heavy (non-hydrogen) atoms. The summed E-state index contributed by atoms with van der Waals surface area (Å²) in [6, 6.07) is 23.8. The van der Waals surface area contributed by atoms with E-state index in [1.165, 1.54) is 43.1 Å². The third kappa shape index (κ3) is 4.04. The van der Waals surface area contributed by atoms with Crippen LogP contribution in [-0.4, -0.2) is 40.5 Å². The van der Waals surface area contributed by atoms with Crippen LogP contribution in [0.2, 0.25) is 0 Å². The van der Waals surface area contributed by atoms with Gasteiger partial charge in [0.1, 0.15) is 0 Å². The maximum atomic E-state index is 11.5. The van der Waals surface area contributed by atoms with Crippen LogP contribution in [0.15, 0.2) is 66.7 Å². The highest BCUT2D eigenvalue weighted by atomic mass is 32.2. The Morgan fingerprint density at radius 1 is 0.788 bits per heavy atom. The van der Waals surface area contributed by atoms with Crippen LogP contribution in [-0.2, 0) is 25.6 Å². The summed E-state index contributed by atoms with van der Waals surface area (Å²) < 4.78 is 33.5. The van der Waals surface area contributed by atoms with Crippen LogP contribution in [0.1, 0.15) is 12.5 Å². The highest BCUT2D eigenvalue weighted by Gasteiger charge is 2.26. The van der Waals surface area contributed by atoms with Crippen molar-refractivity contribution in [3.63, 3.8) is 0 Å². The zero-order chi connectivity index (χ0) is 23.2. The number of hydrogen-bond donors (Lipinski definition) is 1. The summed E-state index contributed by atoms with van der Waals surface area (Å²) in [6.45, 7) is 2.78. The summed E-state index contributed by atoms with van der Waals surface area (Å²) >= 11 is 0. The van der Waals surface area contributed by atoms with Gasteiger partial charge >= 0.3 is 0 Å². The standard InChI is InChI=1S/C27H27NO4S/c1-27(16-31-2,17-32-33(3,29)30)28-15-19-13-14-24-22-11-5-8-18-7-4-10-21(25(18)22)23-12-6-9-20(19)26(23)24/h4-14,28H,15-17H2,1-3H3. The molecule has 1 unspecified atom stereocenters.